The maximum absolute atomic E-state index is 12.7. The Kier molecular flexibility index (Phi) is 11.0. The number of benzene rings is 3. The average Bonchev–Trinajstić information content (AvgIpc) is 2.87. The standard InChI is InChI=1S/C36H45NO3.ClH/c1-34(2,3)31(38)28-16-10-25(11-17-28)22-37(23-26-12-18-29(19-13-26)32(39)35(4,5)6)24-27-14-20-30(21-15-27)33(40)36(7,8)9;/h10-21H,22-24H2,1-9H3;1H. The van der Waals surface area contributed by atoms with E-state index in [4.69, 9.17) is 0 Å². The van der Waals surface area contributed by atoms with Crippen LogP contribution in [0.4, 0.5) is 0 Å². The quantitative estimate of drug-likeness (QED) is 0.239. The third-order valence-corrected chi connectivity index (χ3v) is 6.91. The van der Waals surface area contributed by atoms with Crippen molar-refractivity contribution in [3.63, 3.8) is 0 Å². The predicted octanol–water partition coefficient (Wildman–Crippen LogP) is 9.00. The second kappa shape index (κ2) is 13.3. The van der Waals surface area contributed by atoms with E-state index in [0.717, 1.165) is 33.4 Å². The Bertz CT molecular complexity index is 1160. The number of ketones is 3. The molecule has 5 heteroatoms. The summed E-state index contributed by atoms with van der Waals surface area (Å²) in [6, 6.07) is 23.7. The summed E-state index contributed by atoms with van der Waals surface area (Å²) < 4.78 is 0. The van der Waals surface area contributed by atoms with E-state index in [0.29, 0.717) is 19.6 Å². The SMILES string of the molecule is CC(C)(C)C(=O)c1ccc(CN(Cc2ccc(C(=O)C(C)(C)C)cc2)Cc2ccc(C(=O)C(C)(C)C)cc2)cc1.Cl. The van der Waals surface area contributed by atoms with Gasteiger partial charge in [-0.3, -0.25) is 19.3 Å². The van der Waals surface area contributed by atoms with Gasteiger partial charge in [-0.15, -0.1) is 12.4 Å². The molecule has 0 heterocycles. The Balaban J connectivity index is 0.00000588. The first kappa shape index (κ1) is 34.1. The van der Waals surface area contributed by atoms with E-state index in [1.807, 2.05) is 135 Å². The van der Waals surface area contributed by atoms with E-state index in [-0.39, 0.29) is 29.8 Å². The molecule has 0 aliphatic rings. The van der Waals surface area contributed by atoms with Gasteiger partial charge in [0, 0.05) is 52.6 Å². The van der Waals surface area contributed by atoms with Crippen LogP contribution in [0.1, 0.15) is 110 Å². The maximum Gasteiger partial charge on any atom is 0.168 e. The number of carbonyl (C=O) groups is 3. The number of Topliss-reactive ketones (excluding diaryl/α,β-unsaturated/α-hetero) is 3. The van der Waals surface area contributed by atoms with Crippen LogP contribution in [-0.2, 0) is 19.6 Å². The summed E-state index contributed by atoms with van der Waals surface area (Å²) in [6.45, 7) is 19.5. The second-order valence-corrected chi connectivity index (χ2v) is 14.0. The van der Waals surface area contributed by atoms with Gasteiger partial charge in [-0.25, -0.2) is 0 Å². The Labute approximate surface area is 253 Å². The monoisotopic (exact) mass is 575 g/mol. The molecule has 0 spiro atoms. The van der Waals surface area contributed by atoms with E-state index in [9.17, 15) is 14.4 Å². The van der Waals surface area contributed by atoms with Crippen LogP contribution >= 0.6 is 12.4 Å². The molecule has 0 aliphatic carbocycles. The fourth-order valence-corrected chi connectivity index (χ4v) is 4.53. The minimum absolute atomic E-state index is 0. The molecule has 3 aromatic rings. The zero-order valence-electron chi connectivity index (χ0n) is 26.1. The summed E-state index contributed by atoms with van der Waals surface area (Å²) in [7, 11) is 0. The van der Waals surface area contributed by atoms with Crippen LogP contribution in [0.25, 0.3) is 0 Å². The third-order valence-electron chi connectivity index (χ3n) is 6.91. The van der Waals surface area contributed by atoms with Crippen molar-refractivity contribution in [3.05, 3.63) is 106 Å². The summed E-state index contributed by atoms with van der Waals surface area (Å²) in [4.78, 5) is 40.4. The Hall–Kier alpha value is -3.08. The molecule has 220 valence electrons. The van der Waals surface area contributed by atoms with E-state index >= 15 is 0 Å². The van der Waals surface area contributed by atoms with Crippen molar-refractivity contribution in [3.8, 4) is 0 Å². The van der Waals surface area contributed by atoms with Gasteiger partial charge in [0.2, 0.25) is 0 Å². The molecule has 0 fully saturated rings. The fourth-order valence-electron chi connectivity index (χ4n) is 4.53. The maximum atomic E-state index is 12.7. The molecule has 3 aromatic carbocycles. The molecule has 0 aromatic heterocycles. The molecule has 0 unspecified atom stereocenters. The number of halogens is 1. The molecular formula is C36H46ClNO3. The average molecular weight is 576 g/mol. The molecule has 0 N–H and O–H groups in total. The number of hydrogen-bond donors (Lipinski definition) is 0. The molecule has 0 radical (unpaired) electrons. The van der Waals surface area contributed by atoms with Crippen LogP contribution in [-0.4, -0.2) is 22.2 Å². The lowest BCUT2D eigenvalue weighted by Crippen LogP contribution is -2.24. The van der Waals surface area contributed by atoms with Crippen molar-refractivity contribution in [2.45, 2.75) is 81.9 Å². The first-order valence-corrected chi connectivity index (χ1v) is 14.1. The molecule has 0 saturated heterocycles. The Morgan fingerprint density at radius 1 is 0.439 bits per heavy atom. The summed E-state index contributed by atoms with van der Waals surface area (Å²) in [6.07, 6.45) is 0. The lowest BCUT2D eigenvalue weighted by atomic mass is 9.86. The molecule has 0 saturated carbocycles. The Morgan fingerprint density at radius 2 is 0.634 bits per heavy atom. The van der Waals surface area contributed by atoms with Crippen LogP contribution in [0, 0.1) is 16.2 Å². The number of carbonyl (C=O) groups excluding carboxylic acids is 3. The molecule has 0 aliphatic heterocycles. The van der Waals surface area contributed by atoms with Crippen molar-refractivity contribution < 1.29 is 14.4 Å². The minimum atomic E-state index is -0.422. The van der Waals surface area contributed by atoms with E-state index < -0.39 is 16.2 Å². The highest BCUT2D eigenvalue weighted by atomic mass is 35.5. The van der Waals surface area contributed by atoms with E-state index in [1.165, 1.54) is 0 Å². The minimum Gasteiger partial charge on any atom is -0.294 e. The van der Waals surface area contributed by atoms with Crippen LogP contribution < -0.4 is 0 Å². The van der Waals surface area contributed by atoms with Crippen LogP contribution in [0.2, 0.25) is 0 Å². The van der Waals surface area contributed by atoms with Crippen molar-refractivity contribution in [1.82, 2.24) is 4.90 Å². The van der Waals surface area contributed by atoms with Crippen molar-refractivity contribution in [1.29, 1.82) is 0 Å². The largest absolute Gasteiger partial charge is 0.294 e. The molecule has 4 nitrogen and oxygen atoms in total. The van der Waals surface area contributed by atoms with Crippen molar-refractivity contribution in [2.24, 2.45) is 16.2 Å². The predicted molar refractivity (Wildman–Crippen MR) is 171 cm³/mol. The zero-order valence-corrected chi connectivity index (χ0v) is 26.9. The van der Waals surface area contributed by atoms with Gasteiger partial charge >= 0.3 is 0 Å². The van der Waals surface area contributed by atoms with Gasteiger partial charge < -0.3 is 0 Å². The summed E-state index contributed by atoms with van der Waals surface area (Å²) in [5.74, 6) is 0.391. The summed E-state index contributed by atoms with van der Waals surface area (Å²) >= 11 is 0. The third kappa shape index (κ3) is 9.48. The molecule has 41 heavy (non-hydrogen) atoms. The van der Waals surface area contributed by atoms with Gasteiger partial charge in [-0.2, -0.15) is 0 Å². The number of rotatable bonds is 9. The van der Waals surface area contributed by atoms with Gasteiger partial charge in [0.25, 0.3) is 0 Å². The van der Waals surface area contributed by atoms with E-state index in [2.05, 4.69) is 4.90 Å². The van der Waals surface area contributed by atoms with Crippen LogP contribution in [0.5, 0.6) is 0 Å². The molecule has 3 rings (SSSR count). The first-order chi connectivity index (χ1) is 18.4. The van der Waals surface area contributed by atoms with Crippen molar-refractivity contribution in [2.75, 3.05) is 0 Å². The topological polar surface area (TPSA) is 54.5 Å². The lowest BCUT2D eigenvalue weighted by Gasteiger charge is -2.24. The van der Waals surface area contributed by atoms with Gasteiger partial charge in [0.05, 0.1) is 0 Å². The van der Waals surface area contributed by atoms with Gasteiger partial charge in [0.15, 0.2) is 17.3 Å². The summed E-state index contributed by atoms with van der Waals surface area (Å²) in [5, 5.41) is 0. The summed E-state index contributed by atoms with van der Waals surface area (Å²) in [5.41, 5.74) is 4.25. The first-order valence-electron chi connectivity index (χ1n) is 14.1. The van der Waals surface area contributed by atoms with Crippen LogP contribution in [0.15, 0.2) is 72.8 Å². The van der Waals surface area contributed by atoms with E-state index in [1.54, 1.807) is 0 Å². The fraction of sp³-hybridized carbons (Fsp3) is 0.417. The van der Waals surface area contributed by atoms with Gasteiger partial charge in [0.1, 0.15) is 0 Å². The highest BCUT2D eigenvalue weighted by Gasteiger charge is 2.25. The molecule has 0 bridgehead atoms. The molecular weight excluding hydrogens is 530 g/mol. The lowest BCUT2D eigenvalue weighted by molar-refractivity contribution is 0.0852. The second-order valence-electron chi connectivity index (χ2n) is 14.0. The smallest absolute Gasteiger partial charge is 0.168 e. The highest BCUT2D eigenvalue weighted by molar-refractivity contribution is 6.00. The number of hydrogen-bond acceptors (Lipinski definition) is 4. The van der Waals surface area contributed by atoms with Gasteiger partial charge in [-0.05, 0) is 16.7 Å². The molecule has 0 atom stereocenters. The molecule has 0 amide bonds. The van der Waals surface area contributed by atoms with Crippen LogP contribution in [0.3, 0.4) is 0 Å². The van der Waals surface area contributed by atoms with Crippen molar-refractivity contribution >= 4 is 29.8 Å². The van der Waals surface area contributed by atoms with Gasteiger partial charge in [-0.1, -0.05) is 135 Å². The number of nitrogens with zero attached hydrogens (tertiary/aromatic N) is 1. The highest BCUT2D eigenvalue weighted by Crippen LogP contribution is 2.25. The zero-order chi connectivity index (χ0) is 29.9. The normalized spacial score (nSPS) is 12.1. The Morgan fingerprint density at radius 3 is 0.805 bits per heavy atom.